The monoisotopic (exact) mass is 191 g/mol. The highest BCUT2D eigenvalue weighted by molar-refractivity contribution is 5.32. The smallest absolute Gasteiger partial charge is 0.130 e. The van der Waals surface area contributed by atoms with Gasteiger partial charge in [-0.1, -0.05) is 6.92 Å². The Balaban J connectivity index is 1.94. The molecule has 0 saturated heterocycles. The van der Waals surface area contributed by atoms with Gasteiger partial charge >= 0.3 is 0 Å². The summed E-state index contributed by atoms with van der Waals surface area (Å²) in [6.07, 6.45) is 6.75. The van der Waals surface area contributed by atoms with E-state index in [4.69, 9.17) is 0 Å². The predicted octanol–water partition coefficient (Wildman–Crippen LogP) is 2.25. The topological polar surface area (TPSA) is 37.8 Å². The number of aromatic nitrogens is 2. The van der Waals surface area contributed by atoms with E-state index in [1.54, 1.807) is 0 Å². The molecular formula is C11H17N3. The first-order valence-electron chi connectivity index (χ1n) is 5.44. The van der Waals surface area contributed by atoms with Gasteiger partial charge in [0.15, 0.2) is 0 Å². The van der Waals surface area contributed by atoms with Gasteiger partial charge in [-0.15, -0.1) is 0 Å². The van der Waals surface area contributed by atoms with E-state index in [0.717, 1.165) is 36.9 Å². The molecule has 0 aliphatic heterocycles. The van der Waals surface area contributed by atoms with Crippen LogP contribution in [-0.4, -0.2) is 16.5 Å². The Morgan fingerprint density at radius 2 is 2.36 bits per heavy atom. The predicted molar refractivity (Wildman–Crippen MR) is 57.2 cm³/mol. The van der Waals surface area contributed by atoms with Gasteiger partial charge in [0, 0.05) is 19.2 Å². The molecule has 0 aromatic carbocycles. The van der Waals surface area contributed by atoms with Crippen LogP contribution < -0.4 is 5.32 Å². The van der Waals surface area contributed by atoms with Crippen LogP contribution >= 0.6 is 0 Å². The van der Waals surface area contributed by atoms with Crippen LogP contribution in [0.2, 0.25) is 0 Å². The van der Waals surface area contributed by atoms with E-state index in [0.29, 0.717) is 0 Å². The highest BCUT2D eigenvalue weighted by atomic mass is 15.0. The van der Waals surface area contributed by atoms with Crippen molar-refractivity contribution in [3.8, 4) is 0 Å². The van der Waals surface area contributed by atoms with Crippen molar-refractivity contribution in [1.82, 2.24) is 9.97 Å². The summed E-state index contributed by atoms with van der Waals surface area (Å²) in [5, 5.41) is 3.28. The molecule has 0 bridgehead atoms. The minimum atomic E-state index is 0.858. The fraction of sp³-hybridized carbons (Fsp3) is 0.636. The summed E-state index contributed by atoms with van der Waals surface area (Å²) < 4.78 is 0. The third kappa shape index (κ3) is 2.69. The third-order valence-corrected chi connectivity index (χ3v) is 2.43. The first-order valence-corrected chi connectivity index (χ1v) is 5.44. The van der Waals surface area contributed by atoms with Crippen LogP contribution in [0.3, 0.4) is 0 Å². The summed E-state index contributed by atoms with van der Waals surface area (Å²) in [5.74, 6) is 2.82. The van der Waals surface area contributed by atoms with Gasteiger partial charge in [0.2, 0.25) is 0 Å². The molecule has 0 atom stereocenters. The number of hydrogen-bond donors (Lipinski definition) is 1. The lowest BCUT2D eigenvalue weighted by molar-refractivity contribution is 0.769. The Labute approximate surface area is 85.0 Å². The summed E-state index contributed by atoms with van der Waals surface area (Å²) in [6, 6.07) is 1.94. The minimum Gasteiger partial charge on any atom is -0.370 e. The molecule has 0 amide bonds. The second-order valence-electron chi connectivity index (χ2n) is 3.93. The van der Waals surface area contributed by atoms with Crippen molar-refractivity contribution < 1.29 is 0 Å². The van der Waals surface area contributed by atoms with Crippen LogP contribution in [0.25, 0.3) is 0 Å². The molecule has 1 aromatic rings. The Bertz CT molecular complexity index is 294. The van der Waals surface area contributed by atoms with Crippen LogP contribution in [0.4, 0.5) is 5.82 Å². The summed E-state index contributed by atoms with van der Waals surface area (Å²) in [6.45, 7) is 3.14. The van der Waals surface area contributed by atoms with Gasteiger partial charge in [0.05, 0.1) is 0 Å². The quantitative estimate of drug-likeness (QED) is 0.775. The molecule has 14 heavy (non-hydrogen) atoms. The van der Waals surface area contributed by atoms with Crippen molar-refractivity contribution in [3.63, 3.8) is 0 Å². The maximum absolute atomic E-state index is 4.47. The van der Waals surface area contributed by atoms with Crippen molar-refractivity contribution in [2.24, 2.45) is 5.92 Å². The molecule has 1 N–H and O–H groups in total. The van der Waals surface area contributed by atoms with Gasteiger partial charge in [-0.3, -0.25) is 0 Å². The van der Waals surface area contributed by atoms with Gasteiger partial charge < -0.3 is 5.32 Å². The molecule has 0 radical (unpaired) electrons. The van der Waals surface area contributed by atoms with Gasteiger partial charge in [-0.2, -0.15) is 0 Å². The van der Waals surface area contributed by atoms with E-state index in [-0.39, 0.29) is 0 Å². The molecule has 76 valence electrons. The molecule has 1 fully saturated rings. The van der Waals surface area contributed by atoms with Crippen LogP contribution in [0, 0.1) is 5.92 Å². The molecule has 1 aromatic heterocycles. The number of nitrogens with zero attached hydrogens (tertiary/aromatic N) is 2. The van der Waals surface area contributed by atoms with E-state index >= 15 is 0 Å². The normalized spacial score (nSPS) is 15.5. The van der Waals surface area contributed by atoms with Crippen molar-refractivity contribution in [3.05, 3.63) is 18.1 Å². The first-order chi connectivity index (χ1) is 6.88. The maximum atomic E-state index is 4.47. The summed E-state index contributed by atoms with van der Waals surface area (Å²) in [5.41, 5.74) is 0. The average molecular weight is 191 g/mol. The van der Waals surface area contributed by atoms with E-state index in [9.17, 15) is 0 Å². The van der Waals surface area contributed by atoms with Crippen LogP contribution in [0.1, 0.15) is 32.0 Å². The fourth-order valence-electron chi connectivity index (χ4n) is 1.43. The Hall–Kier alpha value is -1.12. The van der Waals surface area contributed by atoms with E-state index < -0.39 is 0 Å². The van der Waals surface area contributed by atoms with Crippen LogP contribution in [0.5, 0.6) is 0 Å². The standard InChI is InChI=1S/C11H17N3/c1-2-6-12-10-5-7-13-11(14-10)8-9-3-4-9/h5,7,9H,2-4,6,8H2,1H3,(H,12,13,14). The fourth-order valence-corrected chi connectivity index (χ4v) is 1.43. The molecule has 1 heterocycles. The second-order valence-corrected chi connectivity index (χ2v) is 3.93. The highest BCUT2D eigenvalue weighted by Crippen LogP contribution is 2.31. The molecule has 1 saturated carbocycles. The van der Waals surface area contributed by atoms with Crippen molar-refractivity contribution in [2.45, 2.75) is 32.6 Å². The molecule has 0 spiro atoms. The van der Waals surface area contributed by atoms with Crippen LogP contribution in [-0.2, 0) is 6.42 Å². The van der Waals surface area contributed by atoms with E-state index in [2.05, 4.69) is 22.2 Å². The minimum absolute atomic E-state index is 0.858. The van der Waals surface area contributed by atoms with Crippen molar-refractivity contribution in [1.29, 1.82) is 0 Å². The number of nitrogens with one attached hydrogen (secondary N) is 1. The van der Waals surface area contributed by atoms with E-state index in [1.807, 2.05) is 12.3 Å². The Morgan fingerprint density at radius 1 is 1.50 bits per heavy atom. The zero-order valence-electron chi connectivity index (χ0n) is 8.66. The zero-order valence-corrected chi connectivity index (χ0v) is 8.66. The summed E-state index contributed by atoms with van der Waals surface area (Å²) in [4.78, 5) is 8.74. The summed E-state index contributed by atoms with van der Waals surface area (Å²) in [7, 11) is 0. The molecule has 1 aliphatic rings. The third-order valence-electron chi connectivity index (χ3n) is 2.43. The lowest BCUT2D eigenvalue weighted by atomic mass is 10.3. The van der Waals surface area contributed by atoms with Crippen molar-refractivity contribution >= 4 is 5.82 Å². The van der Waals surface area contributed by atoms with Crippen LogP contribution in [0.15, 0.2) is 12.3 Å². The number of rotatable bonds is 5. The van der Waals surface area contributed by atoms with Crippen molar-refractivity contribution in [2.75, 3.05) is 11.9 Å². The maximum Gasteiger partial charge on any atom is 0.130 e. The molecular weight excluding hydrogens is 174 g/mol. The van der Waals surface area contributed by atoms with Gasteiger partial charge in [0.25, 0.3) is 0 Å². The lowest BCUT2D eigenvalue weighted by Gasteiger charge is -2.04. The summed E-state index contributed by atoms with van der Waals surface area (Å²) >= 11 is 0. The molecule has 2 rings (SSSR count). The molecule has 1 aliphatic carbocycles. The highest BCUT2D eigenvalue weighted by Gasteiger charge is 2.22. The molecule has 3 heteroatoms. The lowest BCUT2D eigenvalue weighted by Crippen LogP contribution is -2.05. The van der Waals surface area contributed by atoms with E-state index in [1.165, 1.54) is 12.8 Å². The Morgan fingerprint density at radius 3 is 3.07 bits per heavy atom. The SMILES string of the molecule is CCCNc1ccnc(CC2CC2)n1. The largest absolute Gasteiger partial charge is 0.370 e. The zero-order chi connectivity index (χ0) is 9.80. The average Bonchev–Trinajstić information content (AvgIpc) is 2.99. The number of hydrogen-bond acceptors (Lipinski definition) is 3. The van der Waals surface area contributed by atoms with Gasteiger partial charge in [-0.25, -0.2) is 9.97 Å². The Kier molecular flexibility index (Phi) is 2.96. The second kappa shape index (κ2) is 4.40. The van der Waals surface area contributed by atoms with Gasteiger partial charge in [0.1, 0.15) is 11.6 Å². The first kappa shape index (κ1) is 9.44. The van der Waals surface area contributed by atoms with Gasteiger partial charge in [-0.05, 0) is 31.2 Å². The molecule has 0 unspecified atom stereocenters. The molecule has 3 nitrogen and oxygen atoms in total. The number of anilines is 1.